The summed E-state index contributed by atoms with van der Waals surface area (Å²) in [4.78, 5) is 0. The van der Waals surface area contributed by atoms with Gasteiger partial charge < -0.3 is 0 Å². The molecule has 0 aliphatic carbocycles. The Hall–Kier alpha value is -1.11. The number of allylic oxidation sites excluding steroid dienone is 3. The maximum Gasteiger partial charge on any atom is 0.182 e. The molecule has 0 radical (unpaired) electrons. The van der Waals surface area contributed by atoms with Crippen molar-refractivity contribution in [3.8, 4) is 0 Å². The zero-order valence-corrected chi connectivity index (χ0v) is 7.17. The van der Waals surface area contributed by atoms with Crippen LogP contribution in [-0.2, 0) is 0 Å². The molecule has 0 saturated heterocycles. The summed E-state index contributed by atoms with van der Waals surface area (Å²) in [6, 6.07) is 0.552. The van der Waals surface area contributed by atoms with Crippen LogP contribution < -0.4 is 0 Å². The molecule has 0 unspecified atom stereocenters. The summed E-state index contributed by atoms with van der Waals surface area (Å²) in [5.74, 6) is 0. The molecule has 1 heteroatoms. The Balaban J connectivity index is 2.56. The Morgan fingerprint density at radius 1 is 1.64 bits per heavy atom. The second-order valence-electron chi connectivity index (χ2n) is 2.98. The molecule has 1 aliphatic rings. The third-order valence-corrected chi connectivity index (χ3v) is 1.79. The fourth-order valence-electron chi connectivity index (χ4n) is 0.891. The highest BCUT2D eigenvalue weighted by Gasteiger charge is 2.19. The van der Waals surface area contributed by atoms with E-state index in [4.69, 9.17) is 0 Å². The van der Waals surface area contributed by atoms with Crippen LogP contribution in [0.4, 0.5) is 0 Å². The van der Waals surface area contributed by atoms with Crippen LogP contribution in [0.2, 0.25) is 0 Å². The zero-order valence-electron chi connectivity index (χ0n) is 7.17. The van der Waals surface area contributed by atoms with Crippen LogP contribution in [0.3, 0.4) is 0 Å². The van der Waals surface area contributed by atoms with Gasteiger partial charge in [-0.3, -0.25) is 0 Å². The fourth-order valence-corrected chi connectivity index (χ4v) is 0.891. The monoisotopic (exact) mass is 148 g/mol. The van der Waals surface area contributed by atoms with Gasteiger partial charge in [-0.2, -0.15) is 0 Å². The van der Waals surface area contributed by atoms with Crippen molar-refractivity contribution >= 4 is 6.21 Å². The lowest BCUT2D eigenvalue weighted by molar-refractivity contribution is -0.497. The van der Waals surface area contributed by atoms with Crippen LogP contribution in [0, 0.1) is 0 Å². The van der Waals surface area contributed by atoms with E-state index in [1.54, 1.807) is 6.08 Å². The Kier molecular flexibility index (Phi) is 2.08. The molecule has 0 spiro atoms. The highest BCUT2D eigenvalue weighted by molar-refractivity contribution is 5.85. The molecule has 0 atom stereocenters. The molecule has 0 saturated carbocycles. The van der Waals surface area contributed by atoms with Crippen molar-refractivity contribution in [2.75, 3.05) is 0 Å². The lowest BCUT2D eigenvalue weighted by Gasteiger charge is -2.11. The maximum absolute atomic E-state index is 3.84. The van der Waals surface area contributed by atoms with Gasteiger partial charge in [0.15, 0.2) is 18.5 Å². The van der Waals surface area contributed by atoms with Gasteiger partial charge in [0.05, 0.1) is 0 Å². The van der Waals surface area contributed by atoms with E-state index in [1.165, 1.54) is 5.57 Å². The molecule has 1 nitrogen and oxygen atoms in total. The van der Waals surface area contributed by atoms with E-state index in [2.05, 4.69) is 44.0 Å². The van der Waals surface area contributed by atoms with E-state index in [0.29, 0.717) is 6.04 Å². The third kappa shape index (κ3) is 1.48. The van der Waals surface area contributed by atoms with E-state index in [0.717, 1.165) is 5.57 Å². The van der Waals surface area contributed by atoms with Gasteiger partial charge in [0.2, 0.25) is 0 Å². The van der Waals surface area contributed by atoms with E-state index in [1.807, 2.05) is 0 Å². The molecule has 0 fully saturated rings. The molecule has 1 heterocycles. The summed E-state index contributed by atoms with van der Waals surface area (Å²) < 4.78 is 2.16. The topological polar surface area (TPSA) is 3.01 Å². The van der Waals surface area contributed by atoms with Crippen LogP contribution >= 0.6 is 0 Å². The highest BCUT2D eigenvalue weighted by Crippen LogP contribution is 2.13. The smallest absolute Gasteiger partial charge is 0.182 e. The molecule has 0 aromatic carbocycles. The first-order chi connectivity index (χ1) is 5.15. The molecular formula is C10H14N+. The summed E-state index contributed by atoms with van der Waals surface area (Å²) >= 11 is 0. The largest absolute Gasteiger partial charge is 0.201 e. The second-order valence-corrected chi connectivity index (χ2v) is 2.98. The average Bonchev–Trinajstić information content (AvgIpc) is 1.83. The van der Waals surface area contributed by atoms with Crippen molar-refractivity contribution in [1.29, 1.82) is 0 Å². The molecule has 1 rings (SSSR count). The number of hydrogen-bond donors (Lipinski definition) is 0. The molecule has 0 amide bonds. The van der Waals surface area contributed by atoms with Gasteiger partial charge in [-0.15, -0.1) is 0 Å². The Labute approximate surface area is 68.1 Å². The molecule has 0 bridgehead atoms. The van der Waals surface area contributed by atoms with E-state index in [9.17, 15) is 0 Å². The van der Waals surface area contributed by atoms with Crippen LogP contribution in [0.15, 0.2) is 36.6 Å². The molecule has 1 aliphatic heterocycles. The molecule has 58 valence electrons. The predicted molar refractivity (Wildman–Crippen MR) is 48.9 cm³/mol. The third-order valence-electron chi connectivity index (χ3n) is 1.79. The Morgan fingerprint density at radius 3 is 2.55 bits per heavy atom. The summed E-state index contributed by atoms with van der Waals surface area (Å²) in [6.45, 7) is 11.8. The van der Waals surface area contributed by atoms with Crippen molar-refractivity contribution in [1.82, 2.24) is 0 Å². The summed E-state index contributed by atoms with van der Waals surface area (Å²) in [7, 11) is 0. The van der Waals surface area contributed by atoms with Crippen molar-refractivity contribution in [2.24, 2.45) is 0 Å². The van der Waals surface area contributed by atoms with Crippen molar-refractivity contribution in [3.63, 3.8) is 0 Å². The molecule has 0 aromatic rings. The van der Waals surface area contributed by atoms with Crippen LogP contribution in [0.1, 0.15) is 13.8 Å². The second kappa shape index (κ2) is 2.87. The zero-order chi connectivity index (χ0) is 8.43. The Morgan fingerprint density at radius 2 is 2.18 bits per heavy atom. The fraction of sp³-hybridized carbons (Fsp3) is 0.300. The van der Waals surface area contributed by atoms with Gasteiger partial charge >= 0.3 is 0 Å². The standard InChI is InChI=1S/C10H14N/c1-5-9(4)10-6-11(7-10)8(2)3/h5-8H,1,4H2,2-3H3/q+1. The summed E-state index contributed by atoms with van der Waals surface area (Å²) in [5.41, 5.74) is 2.19. The molecule has 0 aromatic heterocycles. The minimum Gasteiger partial charge on any atom is -0.201 e. The van der Waals surface area contributed by atoms with Crippen molar-refractivity contribution in [3.05, 3.63) is 36.6 Å². The lowest BCUT2D eigenvalue weighted by atomic mass is 10.1. The number of nitrogens with zero attached hydrogens (tertiary/aromatic N) is 1. The SMILES string of the molecule is C=CC(=C)C1=C[N+](C(C)C)=C1. The first-order valence-electron chi connectivity index (χ1n) is 3.81. The first-order valence-corrected chi connectivity index (χ1v) is 3.81. The molecule has 0 N–H and O–H groups in total. The lowest BCUT2D eigenvalue weighted by Crippen LogP contribution is -2.24. The van der Waals surface area contributed by atoms with E-state index in [-0.39, 0.29) is 0 Å². The minimum absolute atomic E-state index is 0.552. The maximum atomic E-state index is 3.84. The van der Waals surface area contributed by atoms with Gasteiger partial charge in [0.25, 0.3) is 0 Å². The van der Waals surface area contributed by atoms with Gasteiger partial charge in [-0.25, -0.2) is 4.58 Å². The molecular weight excluding hydrogens is 134 g/mol. The quantitative estimate of drug-likeness (QED) is 0.426. The number of hydrogen-bond acceptors (Lipinski definition) is 0. The number of rotatable bonds is 3. The van der Waals surface area contributed by atoms with Crippen LogP contribution in [0.5, 0.6) is 0 Å². The van der Waals surface area contributed by atoms with Crippen LogP contribution in [0.25, 0.3) is 0 Å². The first kappa shape index (κ1) is 7.99. The predicted octanol–water partition coefficient (Wildman–Crippen LogP) is 2.12. The average molecular weight is 148 g/mol. The minimum atomic E-state index is 0.552. The summed E-state index contributed by atoms with van der Waals surface area (Å²) in [5, 5.41) is 0. The van der Waals surface area contributed by atoms with E-state index >= 15 is 0 Å². The van der Waals surface area contributed by atoms with Crippen molar-refractivity contribution < 1.29 is 4.58 Å². The van der Waals surface area contributed by atoms with Crippen LogP contribution in [-0.4, -0.2) is 16.8 Å². The normalized spacial score (nSPS) is 15.2. The van der Waals surface area contributed by atoms with Gasteiger partial charge in [-0.05, 0) is 19.4 Å². The van der Waals surface area contributed by atoms with Gasteiger partial charge in [0, 0.05) is 0 Å². The Bertz CT molecular complexity index is 254. The van der Waals surface area contributed by atoms with Gasteiger partial charge in [-0.1, -0.05) is 19.2 Å². The molecule has 11 heavy (non-hydrogen) atoms. The highest BCUT2D eigenvalue weighted by atomic mass is 15.0. The van der Waals surface area contributed by atoms with E-state index < -0.39 is 0 Å². The summed E-state index contributed by atoms with van der Waals surface area (Å²) in [6.07, 6.45) is 5.96. The van der Waals surface area contributed by atoms with Crippen molar-refractivity contribution in [2.45, 2.75) is 19.9 Å². The van der Waals surface area contributed by atoms with Gasteiger partial charge in [0.1, 0.15) is 5.57 Å².